The Balaban J connectivity index is 2.44. The van der Waals surface area contributed by atoms with Crippen molar-refractivity contribution in [2.24, 2.45) is 0 Å². The lowest BCUT2D eigenvalue weighted by atomic mass is 9.99. The van der Waals surface area contributed by atoms with Gasteiger partial charge in [-0.05, 0) is 43.2 Å². The van der Waals surface area contributed by atoms with E-state index >= 15 is 0 Å². The van der Waals surface area contributed by atoms with Gasteiger partial charge < -0.3 is 5.11 Å². The first-order valence-corrected chi connectivity index (χ1v) is 5.49. The molecule has 0 fully saturated rings. The highest BCUT2D eigenvalue weighted by Crippen LogP contribution is 2.21. The van der Waals surface area contributed by atoms with E-state index in [-0.39, 0.29) is 11.5 Å². The fourth-order valence-electron chi connectivity index (χ4n) is 1.70. The van der Waals surface area contributed by atoms with Gasteiger partial charge in [0.15, 0.2) is 5.78 Å². The second-order valence-corrected chi connectivity index (χ2v) is 4.15. The third-order valence-electron chi connectivity index (χ3n) is 2.92. The molecule has 2 nitrogen and oxygen atoms in total. The van der Waals surface area contributed by atoms with Gasteiger partial charge in [0.25, 0.3) is 0 Å². The van der Waals surface area contributed by atoms with Crippen LogP contribution in [0.2, 0.25) is 0 Å². The molecule has 2 aromatic carbocycles. The maximum absolute atomic E-state index is 12.2. The predicted octanol–water partition coefficient (Wildman–Crippen LogP) is 3.24. The number of hydrogen-bond acceptors (Lipinski definition) is 2. The molecule has 0 saturated heterocycles. The van der Waals surface area contributed by atoms with E-state index < -0.39 is 0 Å². The van der Waals surface area contributed by atoms with Crippen molar-refractivity contribution in [1.82, 2.24) is 0 Å². The zero-order chi connectivity index (χ0) is 12.4. The van der Waals surface area contributed by atoms with Gasteiger partial charge >= 0.3 is 0 Å². The SMILES string of the molecule is Cc1ccc(C(=O)c2ccccc2O)cc1C. The summed E-state index contributed by atoms with van der Waals surface area (Å²) in [5.74, 6) is -0.123. The summed E-state index contributed by atoms with van der Waals surface area (Å²) < 4.78 is 0. The van der Waals surface area contributed by atoms with Crippen LogP contribution < -0.4 is 0 Å². The highest BCUT2D eigenvalue weighted by atomic mass is 16.3. The maximum atomic E-state index is 12.2. The van der Waals surface area contributed by atoms with Gasteiger partial charge in [0.2, 0.25) is 0 Å². The van der Waals surface area contributed by atoms with Gasteiger partial charge in [-0.3, -0.25) is 4.79 Å². The fraction of sp³-hybridized carbons (Fsp3) is 0.133. The Morgan fingerprint density at radius 3 is 2.35 bits per heavy atom. The molecule has 17 heavy (non-hydrogen) atoms. The summed E-state index contributed by atoms with van der Waals surface area (Å²) >= 11 is 0. The number of aromatic hydroxyl groups is 1. The normalized spacial score (nSPS) is 10.2. The first-order valence-electron chi connectivity index (χ1n) is 5.49. The third kappa shape index (κ3) is 2.21. The largest absolute Gasteiger partial charge is 0.507 e. The molecule has 0 aliphatic heterocycles. The molecule has 0 spiro atoms. The Kier molecular flexibility index (Phi) is 2.96. The number of rotatable bonds is 2. The van der Waals surface area contributed by atoms with Gasteiger partial charge in [-0.1, -0.05) is 24.3 Å². The number of phenolic OH excluding ortho intramolecular Hbond substituents is 1. The number of aryl methyl sites for hydroxylation is 2. The average molecular weight is 226 g/mol. The second kappa shape index (κ2) is 4.42. The van der Waals surface area contributed by atoms with Crippen molar-refractivity contribution in [2.45, 2.75) is 13.8 Å². The molecular formula is C15H14O2. The molecule has 0 aliphatic rings. The predicted molar refractivity (Wildman–Crippen MR) is 67.5 cm³/mol. The third-order valence-corrected chi connectivity index (χ3v) is 2.92. The summed E-state index contributed by atoms with van der Waals surface area (Å²) in [6.45, 7) is 3.97. The van der Waals surface area contributed by atoms with E-state index in [9.17, 15) is 9.90 Å². The van der Waals surface area contributed by atoms with E-state index in [2.05, 4.69) is 0 Å². The Labute approximate surface area is 101 Å². The molecule has 0 atom stereocenters. The lowest BCUT2D eigenvalue weighted by molar-refractivity contribution is 0.103. The highest BCUT2D eigenvalue weighted by Gasteiger charge is 2.13. The van der Waals surface area contributed by atoms with Crippen LogP contribution in [-0.4, -0.2) is 10.9 Å². The van der Waals surface area contributed by atoms with Gasteiger partial charge in [0, 0.05) is 5.56 Å². The number of hydrogen-bond donors (Lipinski definition) is 1. The number of phenols is 1. The Hall–Kier alpha value is -2.09. The summed E-state index contributed by atoms with van der Waals surface area (Å²) in [6.07, 6.45) is 0. The molecule has 2 rings (SSSR count). The van der Waals surface area contributed by atoms with Crippen molar-refractivity contribution in [3.05, 3.63) is 64.7 Å². The fourth-order valence-corrected chi connectivity index (χ4v) is 1.70. The van der Waals surface area contributed by atoms with Crippen LogP contribution in [0.5, 0.6) is 5.75 Å². The van der Waals surface area contributed by atoms with Gasteiger partial charge in [0.1, 0.15) is 5.75 Å². The van der Waals surface area contributed by atoms with Gasteiger partial charge in [-0.2, -0.15) is 0 Å². The molecule has 0 saturated carbocycles. The van der Waals surface area contributed by atoms with Crippen LogP contribution in [-0.2, 0) is 0 Å². The van der Waals surface area contributed by atoms with Crippen LogP contribution >= 0.6 is 0 Å². The maximum Gasteiger partial charge on any atom is 0.196 e. The molecule has 0 aliphatic carbocycles. The minimum Gasteiger partial charge on any atom is -0.507 e. The number of ketones is 1. The van der Waals surface area contributed by atoms with Crippen molar-refractivity contribution in [3.8, 4) is 5.75 Å². The highest BCUT2D eigenvalue weighted by molar-refractivity contribution is 6.10. The van der Waals surface area contributed by atoms with Gasteiger partial charge in [-0.15, -0.1) is 0 Å². The number of carbonyl (C=O) groups excluding carboxylic acids is 1. The zero-order valence-electron chi connectivity index (χ0n) is 9.90. The minimum atomic E-state index is -0.147. The second-order valence-electron chi connectivity index (χ2n) is 4.15. The molecule has 2 aromatic rings. The lowest BCUT2D eigenvalue weighted by Gasteiger charge is -2.06. The summed E-state index contributed by atoms with van der Waals surface area (Å²) in [7, 11) is 0. The Morgan fingerprint density at radius 2 is 1.71 bits per heavy atom. The van der Waals surface area contributed by atoms with Crippen molar-refractivity contribution in [3.63, 3.8) is 0 Å². The zero-order valence-corrected chi connectivity index (χ0v) is 9.90. The molecular weight excluding hydrogens is 212 g/mol. The Bertz CT molecular complexity index is 571. The minimum absolute atomic E-state index is 0.0238. The molecule has 2 heteroatoms. The van der Waals surface area contributed by atoms with Crippen LogP contribution in [0.1, 0.15) is 27.0 Å². The summed E-state index contributed by atoms with van der Waals surface area (Å²) in [6, 6.07) is 12.2. The topological polar surface area (TPSA) is 37.3 Å². The monoisotopic (exact) mass is 226 g/mol. The van der Waals surface area contributed by atoms with E-state index in [0.717, 1.165) is 11.1 Å². The van der Waals surface area contributed by atoms with Crippen LogP contribution in [0, 0.1) is 13.8 Å². The van der Waals surface area contributed by atoms with E-state index in [0.29, 0.717) is 11.1 Å². The van der Waals surface area contributed by atoms with E-state index in [1.165, 1.54) is 6.07 Å². The summed E-state index contributed by atoms with van der Waals surface area (Å²) in [4.78, 5) is 12.2. The molecule has 1 N–H and O–H groups in total. The van der Waals surface area contributed by atoms with Crippen molar-refractivity contribution >= 4 is 5.78 Å². The van der Waals surface area contributed by atoms with Crippen molar-refractivity contribution in [2.75, 3.05) is 0 Å². The molecule has 0 unspecified atom stereocenters. The smallest absolute Gasteiger partial charge is 0.196 e. The van der Waals surface area contributed by atoms with Gasteiger partial charge in [0.05, 0.1) is 5.56 Å². The van der Waals surface area contributed by atoms with Gasteiger partial charge in [-0.25, -0.2) is 0 Å². The number of para-hydroxylation sites is 1. The van der Waals surface area contributed by atoms with E-state index in [1.807, 2.05) is 26.0 Å². The van der Waals surface area contributed by atoms with Crippen molar-refractivity contribution in [1.29, 1.82) is 0 Å². The van der Waals surface area contributed by atoms with Crippen LogP contribution in [0.25, 0.3) is 0 Å². The molecule has 0 bridgehead atoms. The molecule has 0 heterocycles. The molecule has 0 amide bonds. The molecule has 0 aromatic heterocycles. The molecule has 0 radical (unpaired) electrons. The standard InChI is InChI=1S/C15H14O2/c1-10-7-8-12(9-11(10)2)15(17)13-5-3-4-6-14(13)16/h3-9,16H,1-2H3. The summed E-state index contributed by atoms with van der Waals surface area (Å²) in [5, 5.41) is 9.65. The summed E-state index contributed by atoms with van der Waals surface area (Å²) in [5.41, 5.74) is 3.18. The average Bonchev–Trinajstić information content (AvgIpc) is 2.32. The first kappa shape index (κ1) is 11.4. The van der Waals surface area contributed by atoms with E-state index in [4.69, 9.17) is 0 Å². The Morgan fingerprint density at radius 1 is 1.00 bits per heavy atom. The lowest BCUT2D eigenvalue weighted by Crippen LogP contribution is -2.02. The van der Waals surface area contributed by atoms with Crippen LogP contribution in [0.4, 0.5) is 0 Å². The van der Waals surface area contributed by atoms with Crippen molar-refractivity contribution < 1.29 is 9.90 Å². The molecule has 86 valence electrons. The first-order chi connectivity index (χ1) is 8.09. The van der Waals surface area contributed by atoms with Crippen LogP contribution in [0.3, 0.4) is 0 Å². The number of benzene rings is 2. The van der Waals surface area contributed by atoms with Crippen LogP contribution in [0.15, 0.2) is 42.5 Å². The number of carbonyl (C=O) groups is 1. The quantitative estimate of drug-likeness (QED) is 0.798. The van der Waals surface area contributed by atoms with E-state index in [1.54, 1.807) is 24.3 Å².